The van der Waals surface area contributed by atoms with Crippen molar-refractivity contribution in [3.8, 4) is 0 Å². The number of aromatic amines is 1. The first-order chi connectivity index (χ1) is 14.9. The van der Waals surface area contributed by atoms with Crippen LogP contribution < -0.4 is 0 Å². The standard InChI is InChI=1S/C23H23ClFN3O3/c24-22-11-15-9-19(27-20(15)12-26-22)21(30)10-16(8-14-3-5-17(25)6-4-14)23(31)28-7-1-2-18(29)13-28/h3-6,9,11-12,16,18,27,29H,1-2,7-8,10,13H2/t16-,18-/m1/s1. The molecule has 31 heavy (non-hydrogen) atoms. The van der Waals surface area contributed by atoms with Gasteiger partial charge in [0.05, 0.1) is 23.5 Å². The lowest BCUT2D eigenvalue weighted by molar-refractivity contribution is -0.138. The van der Waals surface area contributed by atoms with E-state index in [1.165, 1.54) is 12.1 Å². The molecule has 0 saturated carbocycles. The Morgan fingerprint density at radius 2 is 2.06 bits per heavy atom. The fraction of sp³-hybridized carbons (Fsp3) is 0.348. The molecule has 3 heterocycles. The van der Waals surface area contributed by atoms with Gasteiger partial charge in [-0.15, -0.1) is 0 Å². The van der Waals surface area contributed by atoms with E-state index in [9.17, 15) is 19.1 Å². The smallest absolute Gasteiger partial charge is 0.226 e. The summed E-state index contributed by atoms with van der Waals surface area (Å²) in [4.78, 5) is 35.0. The molecule has 3 aromatic rings. The Balaban J connectivity index is 1.56. The summed E-state index contributed by atoms with van der Waals surface area (Å²) in [7, 11) is 0. The zero-order chi connectivity index (χ0) is 22.0. The molecule has 2 aromatic heterocycles. The predicted molar refractivity (Wildman–Crippen MR) is 115 cm³/mol. The molecule has 0 radical (unpaired) electrons. The minimum Gasteiger partial charge on any atom is -0.391 e. The second-order valence-corrected chi connectivity index (χ2v) is 8.40. The van der Waals surface area contributed by atoms with Gasteiger partial charge in [0.2, 0.25) is 5.91 Å². The maximum absolute atomic E-state index is 13.3. The molecule has 1 saturated heterocycles. The number of Topliss-reactive ketones (excluding diaryl/α,β-unsaturated/α-hetero) is 1. The maximum Gasteiger partial charge on any atom is 0.226 e. The van der Waals surface area contributed by atoms with Crippen LogP contribution in [0.1, 0.15) is 35.3 Å². The van der Waals surface area contributed by atoms with E-state index in [0.29, 0.717) is 35.8 Å². The third kappa shape index (κ3) is 5.11. The van der Waals surface area contributed by atoms with Crippen LogP contribution in [0.15, 0.2) is 42.6 Å². The number of nitrogens with one attached hydrogen (secondary N) is 1. The Kier molecular flexibility index (Phi) is 6.34. The number of aromatic nitrogens is 2. The van der Waals surface area contributed by atoms with Crippen LogP contribution in [0.2, 0.25) is 5.15 Å². The van der Waals surface area contributed by atoms with Gasteiger partial charge in [-0.1, -0.05) is 23.7 Å². The number of aliphatic hydroxyl groups is 1. The van der Waals surface area contributed by atoms with Crippen molar-refractivity contribution in [2.75, 3.05) is 13.1 Å². The van der Waals surface area contributed by atoms with Crippen molar-refractivity contribution in [2.24, 2.45) is 5.92 Å². The van der Waals surface area contributed by atoms with Crippen molar-refractivity contribution in [3.63, 3.8) is 0 Å². The number of amides is 1. The molecular formula is C23H23ClFN3O3. The van der Waals surface area contributed by atoms with Crippen LogP contribution in [0.3, 0.4) is 0 Å². The van der Waals surface area contributed by atoms with Gasteiger partial charge < -0.3 is 15.0 Å². The number of carbonyl (C=O) groups excluding carboxylic acids is 2. The van der Waals surface area contributed by atoms with E-state index in [-0.39, 0.29) is 30.5 Å². The molecule has 1 aliphatic heterocycles. The third-order valence-electron chi connectivity index (χ3n) is 5.66. The number of fused-ring (bicyclic) bond motifs is 1. The molecule has 2 atom stereocenters. The summed E-state index contributed by atoms with van der Waals surface area (Å²) < 4.78 is 13.3. The molecule has 4 rings (SSSR count). The first kappa shape index (κ1) is 21.5. The van der Waals surface area contributed by atoms with E-state index in [4.69, 9.17) is 11.6 Å². The van der Waals surface area contributed by atoms with Crippen molar-refractivity contribution < 1.29 is 19.1 Å². The van der Waals surface area contributed by atoms with E-state index < -0.39 is 12.0 Å². The Bertz CT molecular complexity index is 1100. The van der Waals surface area contributed by atoms with Crippen molar-refractivity contribution in [3.05, 3.63) is 64.8 Å². The summed E-state index contributed by atoms with van der Waals surface area (Å²) in [6, 6.07) is 9.31. The largest absolute Gasteiger partial charge is 0.391 e. The lowest BCUT2D eigenvalue weighted by atomic mass is 9.91. The highest BCUT2D eigenvalue weighted by molar-refractivity contribution is 6.30. The topological polar surface area (TPSA) is 86.3 Å². The molecule has 1 aliphatic rings. The SMILES string of the molecule is O=C(C[C@@H](Cc1ccc(F)cc1)C(=O)N1CCC[C@@H](O)C1)c1cc2cc(Cl)ncc2[nH]1. The summed E-state index contributed by atoms with van der Waals surface area (Å²) in [6.07, 6.45) is 2.70. The van der Waals surface area contributed by atoms with Crippen LogP contribution in [0.25, 0.3) is 10.9 Å². The zero-order valence-corrected chi connectivity index (χ0v) is 17.6. The molecule has 1 aromatic carbocycles. The highest BCUT2D eigenvalue weighted by atomic mass is 35.5. The molecule has 0 aliphatic carbocycles. The van der Waals surface area contributed by atoms with Gasteiger partial charge in [0.1, 0.15) is 11.0 Å². The first-order valence-corrected chi connectivity index (χ1v) is 10.7. The Labute approximate surface area is 184 Å². The van der Waals surface area contributed by atoms with E-state index >= 15 is 0 Å². The fourth-order valence-corrected chi connectivity index (χ4v) is 4.22. The number of aliphatic hydroxyl groups excluding tert-OH is 1. The number of likely N-dealkylation sites (tertiary alicyclic amines) is 1. The van der Waals surface area contributed by atoms with E-state index in [2.05, 4.69) is 9.97 Å². The predicted octanol–water partition coefficient (Wildman–Crippen LogP) is 3.77. The molecule has 1 amide bonds. The molecule has 8 heteroatoms. The molecule has 0 spiro atoms. The van der Waals surface area contributed by atoms with Crippen LogP contribution in [-0.2, 0) is 11.2 Å². The summed E-state index contributed by atoms with van der Waals surface area (Å²) in [5.41, 5.74) is 1.85. The number of benzene rings is 1. The van der Waals surface area contributed by atoms with Crippen molar-refractivity contribution in [2.45, 2.75) is 31.8 Å². The van der Waals surface area contributed by atoms with Crippen molar-refractivity contribution >= 4 is 34.2 Å². The maximum atomic E-state index is 13.3. The molecule has 2 N–H and O–H groups in total. The number of rotatable bonds is 6. The van der Waals surface area contributed by atoms with Gasteiger partial charge in [0, 0.05) is 30.8 Å². The molecule has 162 valence electrons. The summed E-state index contributed by atoms with van der Waals surface area (Å²) in [5.74, 6) is -1.34. The quantitative estimate of drug-likeness (QED) is 0.448. The highest BCUT2D eigenvalue weighted by Gasteiger charge is 2.30. The van der Waals surface area contributed by atoms with Gasteiger partial charge in [-0.05, 0) is 49.1 Å². The minimum absolute atomic E-state index is 0.00319. The van der Waals surface area contributed by atoms with E-state index in [1.54, 1.807) is 35.4 Å². The average molecular weight is 444 g/mol. The normalized spacial score (nSPS) is 17.6. The van der Waals surface area contributed by atoms with Crippen LogP contribution in [0.5, 0.6) is 0 Å². The number of hydrogen-bond acceptors (Lipinski definition) is 4. The van der Waals surface area contributed by atoms with E-state index in [0.717, 1.165) is 17.4 Å². The number of piperidine rings is 1. The lowest BCUT2D eigenvalue weighted by Crippen LogP contribution is -2.45. The summed E-state index contributed by atoms with van der Waals surface area (Å²) in [5, 5.41) is 11.1. The zero-order valence-electron chi connectivity index (χ0n) is 16.9. The number of hydrogen-bond donors (Lipinski definition) is 2. The minimum atomic E-state index is -0.614. The number of H-pyrrole nitrogens is 1. The molecule has 0 unspecified atom stereocenters. The van der Waals surface area contributed by atoms with Gasteiger partial charge in [0.15, 0.2) is 5.78 Å². The van der Waals surface area contributed by atoms with Crippen LogP contribution >= 0.6 is 11.6 Å². The Morgan fingerprint density at radius 3 is 2.81 bits per heavy atom. The number of ketones is 1. The van der Waals surface area contributed by atoms with Crippen LogP contribution in [-0.4, -0.2) is 50.9 Å². The molecule has 0 bridgehead atoms. The number of carbonyl (C=O) groups is 2. The molecular weight excluding hydrogens is 421 g/mol. The van der Waals surface area contributed by atoms with Gasteiger partial charge >= 0.3 is 0 Å². The number of pyridine rings is 1. The van der Waals surface area contributed by atoms with Crippen LogP contribution in [0.4, 0.5) is 4.39 Å². The third-order valence-corrected chi connectivity index (χ3v) is 5.86. The van der Waals surface area contributed by atoms with Gasteiger partial charge in [-0.25, -0.2) is 9.37 Å². The molecule has 1 fully saturated rings. The van der Waals surface area contributed by atoms with Crippen LogP contribution in [0, 0.1) is 11.7 Å². The number of nitrogens with zero attached hydrogens (tertiary/aromatic N) is 2. The summed E-state index contributed by atoms with van der Waals surface area (Å²) in [6.45, 7) is 0.823. The van der Waals surface area contributed by atoms with Gasteiger partial charge in [-0.2, -0.15) is 0 Å². The highest BCUT2D eigenvalue weighted by Crippen LogP contribution is 2.23. The fourth-order valence-electron chi connectivity index (χ4n) is 4.05. The Morgan fingerprint density at radius 1 is 1.29 bits per heavy atom. The van der Waals surface area contributed by atoms with Crippen molar-refractivity contribution in [1.82, 2.24) is 14.9 Å². The number of halogens is 2. The second kappa shape index (κ2) is 9.16. The summed E-state index contributed by atoms with van der Waals surface area (Å²) >= 11 is 5.93. The number of β-amino-alcohol motifs (C(OH)–C–C–N with tert-alkyl or cyclic N) is 1. The van der Waals surface area contributed by atoms with Crippen molar-refractivity contribution in [1.29, 1.82) is 0 Å². The monoisotopic (exact) mass is 443 g/mol. The molecule has 6 nitrogen and oxygen atoms in total. The average Bonchev–Trinajstić information content (AvgIpc) is 3.17. The van der Waals surface area contributed by atoms with E-state index in [1.807, 2.05) is 0 Å². The van der Waals surface area contributed by atoms with Gasteiger partial charge in [0.25, 0.3) is 0 Å². The van der Waals surface area contributed by atoms with Gasteiger partial charge in [-0.3, -0.25) is 9.59 Å². The Hall–Kier alpha value is -2.77. The second-order valence-electron chi connectivity index (χ2n) is 8.01. The lowest BCUT2D eigenvalue weighted by Gasteiger charge is -2.33. The first-order valence-electron chi connectivity index (χ1n) is 10.3.